The van der Waals surface area contributed by atoms with Crippen LogP contribution in [0.25, 0.3) is 16.6 Å². The van der Waals surface area contributed by atoms with E-state index in [1.54, 1.807) is 18.5 Å². The second-order valence-corrected chi connectivity index (χ2v) is 9.53. The first-order valence-corrected chi connectivity index (χ1v) is 11.2. The van der Waals surface area contributed by atoms with Gasteiger partial charge in [-0.25, -0.2) is 9.78 Å². The van der Waals surface area contributed by atoms with E-state index in [4.69, 9.17) is 5.73 Å². The predicted octanol–water partition coefficient (Wildman–Crippen LogP) is 3.65. The van der Waals surface area contributed by atoms with Gasteiger partial charge in [-0.15, -0.1) is 0 Å². The zero-order valence-corrected chi connectivity index (χ0v) is 19.6. The number of carbonyl (C=O) groups excluding carboxylic acids is 1. The Morgan fingerprint density at radius 1 is 1.28 bits per heavy atom. The molecule has 2 aromatic rings. The number of hydrogen-bond donors (Lipinski definition) is 3. The molecule has 0 unspecified atom stereocenters. The van der Waals surface area contributed by atoms with Crippen LogP contribution in [-0.2, 0) is 0 Å². The molecule has 8 nitrogen and oxygen atoms in total. The Hall–Kier alpha value is -3.00. The van der Waals surface area contributed by atoms with Crippen LogP contribution < -0.4 is 16.4 Å². The highest BCUT2D eigenvalue weighted by Crippen LogP contribution is 2.21. The fraction of sp³-hybridized carbons (Fsp3) is 0.500. The van der Waals surface area contributed by atoms with E-state index in [2.05, 4.69) is 58.4 Å². The molecule has 1 aliphatic rings. The Labute approximate surface area is 190 Å². The van der Waals surface area contributed by atoms with E-state index in [0.717, 1.165) is 36.0 Å². The minimum atomic E-state index is -0.220. The number of urea groups is 1. The number of fused-ring (bicyclic) bond motifs is 1. The van der Waals surface area contributed by atoms with Crippen molar-refractivity contribution in [3.8, 4) is 0 Å². The summed E-state index contributed by atoms with van der Waals surface area (Å²) in [6, 6.07) is 5.56. The highest BCUT2D eigenvalue weighted by Gasteiger charge is 2.18. The second-order valence-electron chi connectivity index (χ2n) is 9.53. The maximum Gasteiger partial charge on any atom is 0.320 e. The Balaban J connectivity index is 1.70. The quantitative estimate of drug-likeness (QED) is 0.546. The lowest BCUT2D eigenvalue weighted by Crippen LogP contribution is -2.36. The van der Waals surface area contributed by atoms with Gasteiger partial charge in [0.2, 0.25) is 0 Å². The second kappa shape index (κ2) is 10.5. The molecule has 1 fully saturated rings. The molecule has 1 aliphatic carbocycles. The van der Waals surface area contributed by atoms with Crippen molar-refractivity contribution >= 4 is 34.7 Å². The normalized spacial score (nSPS) is 15.7. The van der Waals surface area contributed by atoms with Crippen molar-refractivity contribution in [1.82, 2.24) is 20.2 Å². The van der Waals surface area contributed by atoms with E-state index < -0.39 is 0 Å². The highest BCUT2D eigenvalue weighted by molar-refractivity contribution is 6.10. The molecule has 8 heteroatoms. The van der Waals surface area contributed by atoms with Gasteiger partial charge < -0.3 is 16.0 Å². The number of aromatic nitrogens is 2. The third-order valence-electron chi connectivity index (χ3n) is 5.48. The number of carbonyl (C=O) groups is 1. The molecule has 2 amide bonds. The average Bonchev–Trinajstić information content (AvgIpc) is 3.22. The molecule has 32 heavy (non-hydrogen) atoms. The number of rotatable bonds is 8. The number of nitrogens with zero attached hydrogens (tertiary/aromatic N) is 4. The zero-order valence-electron chi connectivity index (χ0n) is 19.6. The maximum atomic E-state index is 12.3. The molecule has 0 atom stereocenters. The first-order chi connectivity index (χ1) is 15.3. The van der Waals surface area contributed by atoms with Crippen molar-refractivity contribution < 1.29 is 4.79 Å². The van der Waals surface area contributed by atoms with E-state index in [1.165, 1.54) is 19.0 Å². The van der Waals surface area contributed by atoms with Gasteiger partial charge in [0.15, 0.2) is 0 Å². The predicted molar refractivity (Wildman–Crippen MR) is 132 cm³/mol. The Morgan fingerprint density at radius 2 is 2.03 bits per heavy atom. The van der Waals surface area contributed by atoms with Crippen molar-refractivity contribution in [2.75, 3.05) is 32.5 Å². The molecule has 0 radical (unpaired) electrons. The van der Waals surface area contributed by atoms with Gasteiger partial charge in [0.05, 0.1) is 11.0 Å². The molecular weight excluding hydrogens is 402 g/mol. The molecule has 0 saturated heterocycles. The Morgan fingerprint density at radius 3 is 2.72 bits per heavy atom. The largest absolute Gasteiger partial charge is 0.404 e. The molecule has 0 spiro atoms. The molecule has 2 heterocycles. The van der Waals surface area contributed by atoms with Crippen LogP contribution in [0.1, 0.15) is 45.1 Å². The summed E-state index contributed by atoms with van der Waals surface area (Å²) in [5, 5.41) is 5.84. The maximum absolute atomic E-state index is 12.3. The molecular formula is C24H35N7O. The summed E-state index contributed by atoms with van der Waals surface area (Å²) in [7, 11) is 4.12. The van der Waals surface area contributed by atoms with Gasteiger partial charge in [-0.05, 0) is 50.6 Å². The molecule has 3 rings (SSSR count). The van der Waals surface area contributed by atoms with E-state index in [1.807, 2.05) is 12.1 Å². The summed E-state index contributed by atoms with van der Waals surface area (Å²) in [6.07, 6.45) is 9.49. The van der Waals surface area contributed by atoms with Gasteiger partial charge in [-0.1, -0.05) is 26.7 Å². The smallest absolute Gasteiger partial charge is 0.320 e. The van der Waals surface area contributed by atoms with Gasteiger partial charge in [-0.2, -0.15) is 0 Å². The lowest BCUT2D eigenvalue weighted by Gasteiger charge is -2.26. The molecule has 4 N–H and O–H groups in total. The third kappa shape index (κ3) is 6.75. The van der Waals surface area contributed by atoms with Crippen molar-refractivity contribution in [2.45, 2.75) is 45.6 Å². The van der Waals surface area contributed by atoms with Gasteiger partial charge >= 0.3 is 6.03 Å². The number of pyridine rings is 2. The van der Waals surface area contributed by atoms with Crippen LogP contribution in [0.15, 0.2) is 35.6 Å². The lowest BCUT2D eigenvalue weighted by atomic mass is 9.93. The van der Waals surface area contributed by atoms with Crippen molar-refractivity contribution in [3.05, 3.63) is 36.2 Å². The highest BCUT2D eigenvalue weighted by atomic mass is 16.2. The summed E-state index contributed by atoms with van der Waals surface area (Å²) < 4.78 is 0. The fourth-order valence-electron chi connectivity index (χ4n) is 4.15. The standard InChI is InChI=1S/C24H35N7O/c1-24(2,16-31(3)4)15-26-13-18(12-25)17-11-21-20(27-14-17)9-10-22(29-21)30-23(32)28-19-7-5-6-8-19/h9-14,19H,5-8,15-16,25H2,1-4H3,(H2,28,29,30,32). The van der Waals surface area contributed by atoms with Crippen molar-refractivity contribution in [3.63, 3.8) is 0 Å². The average molecular weight is 438 g/mol. The number of aliphatic imine (C=N–C) groups is 1. The molecule has 2 aromatic heterocycles. The Kier molecular flexibility index (Phi) is 7.80. The van der Waals surface area contributed by atoms with Crippen LogP contribution in [0.2, 0.25) is 0 Å². The van der Waals surface area contributed by atoms with E-state index in [9.17, 15) is 4.79 Å². The Bertz CT molecular complexity index is 991. The van der Waals surface area contributed by atoms with Crippen LogP contribution >= 0.6 is 0 Å². The molecule has 0 bridgehead atoms. The van der Waals surface area contributed by atoms with Crippen molar-refractivity contribution in [2.24, 2.45) is 16.1 Å². The number of nitrogens with one attached hydrogen (secondary N) is 2. The monoisotopic (exact) mass is 437 g/mol. The summed E-state index contributed by atoms with van der Waals surface area (Å²) >= 11 is 0. The van der Waals surface area contributed by atoms with Crippen LogP contribution in [0, 0.1) is 5.41 Å². The zero-order chi connectivity index (χ0) is 23.1. The van der Waals surface area contributed by atoms with Crippen LogP contribution in [-0.4, -0.2) is 60.3 Å². The number of hydrogen-bond acceptors (Lipinski definition) is 6. The van der Waals surface area contributed by atoms with E-state index in [0.29, 0.717) is 17.9 Å². The van der Waals surface area contributed by atoms with Gasteiger partial charge in [-0.3, -0.25) is 15.3 Å². The number of nitrogens with two attached hydrogens (primary N) is 1. The molecule has 172 valence electrons. The topological polar surface area (TPSA) is 109 Å². The first kappa shape index (κ1) is 23.7. The minimum absolute atomic E-state index is 0.0581. The molecule has 0 aliphatic heterocycles. The van der Waals surface area contributed by atoms with Gasteiger partial charge in [0, 0.05) is 48.9 Å². The molecule has 0 aromatic carbocycles. The summed E-state index contributed by atoms with van der Waals surface area (Å²) in [4.78, 5) is 28.1. The number of anilines is 1. The van der Waals surface area contributed by atoms with Crippen LogP contribution in [0.5, 0.6) is 0 Å². The summed E-state index contributed by atoms with van der Waals surface area (Å²) in [5.74, 6) is 0.490. The SMILES string of the molecule is CN(C)CC(C)(C)CN=CC(=CN)c1cnc2ccc(NC(=O)NC3CCCC3)nc2c1. The van der Waals surface area contributed by atoms with Crippen molar-refractivity contribution in [1.29, 1.82) is 0 Å². The summed E-state index contributed by atoms with van der Waals surface area (Å²) in [6.45, 7) is 6.01. The van der Waals surface area contributed by atoms with Gasteiger partial charge in [0.1, 0.15) is 5.82 Å². The third-order valence-corrected chi connectivity index (χ3v) is 5.48. The molecule has 1 saturated carbocycles. The van der Waals surface area contributed by atoms with Crippen LogP contribution in [0.4, 0.5) is 10.6 Å². The van der Waals surface area contributed by atoms with E-state index >= 15 is 0 Å². The minimum Gasteiger partial charge on any atom is -0.404 e. The number of amides is 2. The van der Waals surface area contributed by atoms with E-state index in [-0.39, 0.29) is 17.5 Å². The fourth-order valence-corrected chi connectivity index (χ4v) is 4.15. The van der Waals surface area contributed by atoms with Crippen LogP contribution in [0.3, 0.4) is 0 Å². The summed E-state index contributed by atoms with van der Waals surface area (Å²) in [5.41, 5.74) is 8.97. The number of allylic oxidation sites excluding steroid dienone is 1. The lowest BCUT2D eigenvalue weighted by molar-refractivity contribution is 0.248. The first-order valence-electron chi connectivity index (χ1n) is 11.2. The van der Waals surface area contributed by atoms with Gasteiger partial charge in [0.25, 0.3) is 0 Å².